The van der Waals surface area contributed by atoms with Crippen LogP contribution in [0.25, 0.3) is 0 Å². The highest BCUT2D eigenvalue weighted by molar-refractivity contribution is 7.98. The number of rotatable bonds is 5. The van der Waals surface area contributed by atoms with Crippen molar-refractivity contribution >= 4 is 29.3 Å². The summed E-state index contributed by atoms with van der Waals surface area (Å²) in [5.74, 6) is 0.854. The quantitative estimate of drug-likeness (QED) is 0.531. The number of thiophene rings is 1. The van der Waals surface area contributed by atoms with Crippen LogP contribution in [0.5, 0.6) is 0 Å². The first-order valence-electron chi connectivity index (χ1n) is 6.48. The van der Waals surface area contributed by atoms with E-state index in [0.29, 0.717) is 0 Å². The van der Waals surface area contributed by atoms with E-state index >= 15 is 0 Å². The topological polar surface area (TPSA) is 43.1 Å². The highest BCUT2D eigenvalue weighted by Crippen LogP contribution is 2.20. The Labute approximate surface area is 131 Å². The Morgan fingerprint density at radius 2 is 2.14 bits per heavy atom. The van der Waals surface area contributed by atoms with Crippen LogP contribution in [0.2, 0.25) is 0 Å². The van der Waals surface area contributed by atoms with Gasteiger partial charge in [-0.05, 0) is 29.5 Å². The lowest BCUT2D eigenvalue weighted by Gasteiger charge is -2.00. The maximum Gasteiger partial charge on any atom is 0.212 e. The molecular weight excluding hydrogens is 300 g/mol. The van der Waals surface area contributed by atoms with Crippen molar-refractivity contribution in [2.24, 2.45) is 5.10 Å². The minimum atomic E-state index is 0.796. The smallest absolute Gasteiger partial charge is 0.195 e. The van der Waals surface area contributed by atoms with Crippen molar-refractivity contribution < 1.29 is 0 Å². The van der Waals surface area contributed by atoms with Crippen LogP contribution in [0.1, 0.15) is 16.0 Å². The lowest BCUT2D eigenvalue weighted by atomic mass is 10.2. The molecule has 6 heteroatoms. The average Bonchev–Trinajstić information content (AvgIpc) is 3.13. The maximum absolute atomic E-state index is 4.44. The molecule has 0 bridgehead atoms. The minimum absolute atomic E-state index is 0.796. The fraction of sp³-hybridized carbons (Fsp3) is 0.133. The molecule has 0 atom stereocenters. The number of thioether (sulfide) groups is 1. The third-order valence-corrected chi connectivity index (χ3v) is 4.87. The number of benzene rings is 1. The molecule has 0 saturated carbocycles. The van der Waals surface area contributed by atoms with Gasteiger partial charge in [-0.25, -0.2) is 0 Å². The molecule has 0 N–H and O–H groups in total. The molecule has 0 aliphatic heterocycles. The SMILES string of the molecule is Cc1ccsc1/C=N/n1cnnc1SCc1ccccc1. The van der Waals surface area contributed by atoms with E-state index in [1.807, 2.05) is 24.4 Å². The van der Waals surface area contributed by atoms with Crippen LogP contribution in [0, 0.1) is 6.92 Å². The van der Waals surface area contributed by atoms with Gasteiger partial charge in [0, 0.05) is 5.75 Å². The van der Waals surface area contributed by atoms with E-state index in [1.165, 1.54) is 11.1 Å². The van der Waals surface area contributed by atoms with Crippen molar-refractivity contribution in [3.8, 4) is 0 Å². The van der Waals surface area contributed by atoms with Gasteiger partial charge in [0.15, 0.2) is 0 Å². The van der Waals surface area contributed by atoms with Crippen molar-refractivity contribution in [2.75, 3.05) is 0 Å². The van der Waals surface area contributed by atoms with Gasteiger partial charge in [-0.15, -0.1) is 21.5 Å². The van der Waals surface area contributed by atoms with Crippen molar-refractivity contribution in [2.45, 2.75) is 17.8 Å². The van der Waals surface area contributed by atoms with Gasteiger partial charge >= 0.3 is 0 Å². The van der Waals surface area contributed by atoms with Crippen LogP contribution in [-0.4, -0.2) is 21.1 Å². The molecule has 0 aliphatic carbocycles. The third kappa shape index (κ3) is 3.59. The first-order chi connectivity index (χ1) is 10.3. The number of nitrogens with zero attached hydrogens (tertiary/aromatic N) is 4. The number of aromatic nitrogens is 3. The largest absolute Gasteiger partial charge is 0.212 e. The lowest BCUT2D eigenvalue weighted by molar-refractivity contribution is 0.767. The second-order valence-corrected chi connectivity index (χ2v) is 6.33. The Morgan fingerprint density at radius 3 is 2.90 bits per heavy atom. The van der Waals surface area contributed by atoms with E-state index in [-0.39, 0.29) is 0 Å². The normalized spacial score (nSPS) is 11.3. The van der Waals surface area contributed by atoms with Crippen molar-refractivity contribution in [1.29, 1.82) is 0 Å². The van der Waals surface area contributed by atoms with E-state index < -0.39 is 0 Å². The van der Waals surface area contributed by atoms with Crippen LogP contribution in [0.4, 0.5) is 0 Å². The zero-order valence-corrected chi connectivity index (χ0v) is 13.1. The summed E-state index contributed by atoms with van der Waals surface area (Å²) in [6.45, 7) is 2.08. The number of aryl methyl sites for hydroxylation is 1. The molecule has 3 rings (SSSR count). The molecule has 0 unspecified atom stereocenters. The molecule has 106 valence electrons. The van der Waals surface area contributed by atoms with Gasteiger partial charge in [-0.1, -0.05) is 42.1 Å². The highest BCUT2D eigenvalue weighted by Gasteiger charge is 2.04. The molecule has 4 nitrogen and oxygen atoms in total. The van der Waals surface area contributed by atoms with Gasteiger partial charge in [0.25, 0.3) is 0 Å². The molecule has 0 spiro atoms. The summed E-state index contributed by atoms with van der Waals surface area (Å²) in [6.07, 6.45) is 3.49. The predicted octanol–water partition coefficient (Wildman–Crippen LogP) is 3.82. The summed E-state index contributed by atoms with van der Waals surface area (Å²) < 4.78 is 1.72. The van der Waals surface area contributed by atoms with Gasteiger partial charge < -0.3 is 0 Å². The van der Waals surface area contributed by atoms with Gasteiger partial charge in [0.2, 0.25) is 5.16 Å². The predicted molar refractivity (Wildman–Crippen MR) is 88.1 cm³/mol. The first-order valence-corrected chi connectivity index (χ1v) is 8.34. The lowest BCUT2D eigenvalue weighted by Crippen LogP contribution is -1.92. The van der Waals surface area contributed by atoms with Crippen molar-refractivity contribution in [3.05, 3.63) is 64.1 Å². The summed E-state index contributed by atoms with van der Waals surface area (Å²) in [6, 6.07) is 12.4. The van der Waals surface area contributed by atoms with Crippen LogP contribution in [0.15, 0.2) is 58.4 Å². The molecule has 0 fully saturated rings. The molecule has 0 radical (unpaired) electrons. The van der Waals surface area contributed by atoms with Gasteiger partial charge in [-0.3, -0.25) is 0 Å². The highest BCUT2D eigenvalue weighted by atomic mass is 32.2. The fourth-order valence-electron chi connectivity index (χ4n) is 1.75. The van der Waals surface area contributed by atoms with Gasteiger partial charge in [0.1, 0.15) is 6.33 Å². The standard InChI is InChI=1S/C15H14N4S2/c1-12-7-8-20-14(12)9-17-19-11-16-18-15(19)21-10-13-5-3-2-4-6-13/h2-9,11H,10H2,1H3/b17-9+. The summed E-state index contributed by atoms with van der Waals surface area (Å²) in [7, 11) is 0. The molecule has 2 heterocycles. The Balaban J connectivity index is 1.69. The molecule has 1 aromatic carbocycles. The summed E-state index contributed by atoms with van der Waals surface area (Å²) in [4.78, 5) is 1.16. The third-order valence-electron chi connectivity index (χ3n) is 2.91. The molecule has 0 saturated heterocycles. The molecule has 3 aromatic rings. The van der Waals surface area contributed by atoms with E-state index in [2.05, 4.69) is 45.8 Å². The van der Waals surface area contributed by atoms with Crippen LogP contribution in [-0.2, 0) is 5.75 Å². The van der Waals surface area contributed by atoms with E-state index in [0.717, 1.165) is 15.8 Å². The van der Waals surface area contributed by atoms with E-state index in [1.54, 1.807) is 34.1 Å². The van der Waals surface area contributed by atoms with Crippen LogP contribution < -0.4 is 0 Å². The molecule has 0 amide bonds. The monoisotopic (exact) mass is 314 g/mol. The molecule has 21 heavy (non-hydrogen) atoms. The first kappa shape index (κ1) is 14.0. The Morgan fingerprint density at radius 1 is 1.29 bits per heavy atom. The van der Waals surface area contributed by atoms with Crippen molar-refractivity contribution in [1.82, 2.24) is 14.9 Å². The average molecular weight is 314 g/mol. The molecular formula is C15H14N4S2. The molecule has 2 aromatic heterocycles. The Bertz CT molecular complexity index is 731. The zero-order chi connectivity index (χ0) is 14.5. The van der Waals surface area contributed by atoms with Crippen LogP contribution in [0.3, 0.4) is 0 Å². The van der Waals surface area contributed by atoms with Crippen LogP contribution >= 0.6 is 23.1 Å². The Hall–Kier alpha value is -1.92. The van der Waals surface area contributed by atoms with E-state index in [4.69, 9.17) is 0 Å². The number of hydrogen-bond donors (Lipinski definition) is 0. The second-order valence-electron chi connectivity index (χ2n) is 4.44. The Kier molecular flexibility index (Phi) is 4.47. The van der Waals surface area contributed by atoms with E-state index in [9.17, 15) is 0 Å². The van der Waals surface area contributed by atoms with Gasteiger partial charge in [0.05, 0.1) is 11.1 Å². The second kappa shape index (κ2) is 6.69. The molecule has 0 aliphatic rings. The minimum Gasteiger partial charge on any atom is -0.195 e. The fourth-order valence-corrected chi connectivity index (χ4v) is 3.35. The number of hydrogen-bond acceptors (Lipinski definition) is 5. The summed E-state index contributed by atoms with van der Waals surface area (Å²) in [5.41, 5.74) is 2.49. The maximum atomic E-state index is 4.44. The van der Waals surface area contributed by atoms with Gasteiger partial charge in [-0.2, -0.15) is 9.78 Å². The summed E-state index contributed by atoms with van der Waals surface area (Å²) in [5, 5.41) is 15.4. The van der Waals surface area contributed by atoms with Crippen molar-refractivity contribution in [3.63, 3.8) is 0 Å². The summed E-state index contributed by atoms with van der Waals surface area (Å²) >= 11 is 3.30. The zero-order valence-electron chi connectivity index (χ0n) is 11.5.